The second-order valence-electron chi connectivity index (χ2n) is 8.21. The number of rotatable bonds is 12. The van der Waals surface area contributed by atoms with Crippen LogP contribution in [0.4, 0.5) is 0 Å². The summed E-state index contributed by atoms with van der Waals surface area (Å²) in [6, 6.07) is 7.38. The van der Waals surface area contributed by atoms with Gasteiger partial charge in [-0.1, -0.05) is 44.9 Å². The molecule has 0 aliphatic carbocycles. The van der Waals surface area contributed by atoms with Crippen molar-refractivity contribution < 1.29 is 14.7 Å². The number of hydrogen-bond donors (Lipinski definition) is 2. The number of amides is 2. The SMILES string of the molecule is CCCCN(C)C(=O)C(CCC(O)CCC)NC(=O)Cc1cn(C)c2ccccc12. The molecule has 2 unspecified atom stereocenters. The van der Waals surface area contributed by atoms with E-state index >= 15 is 0 Å². The summed E-state index contributed by atoms with van der Waals surface area (Å²) in [6.07, 6.45) is 6.22. The van der Waals surface area contributed by atoms with E-state index in [1.807, 2.05) is 49.0 Å². The van der Waals surface area contributed by atoms with E-state index < -0.39 is 12.1 Å². The number of nitrogens with one attached hydrogen (secondary N) is 1. The molecule has 2 amide bonds. The summed E-state index contributed by atoms with van der Waals surface area (Å²) in [6.45, 7) is 4.78. The molecule has 2 atom stereocenters. The number of carbonyl (C=O) groups is 2. The molecule has 0 radical (unpaired) electrons. The smallest absolute Gasteiger partial charge is 0.244 e. The lowest BCUT2D eigenvalue weighted by atomic mass is 10.0. The van der Waals surface area contributed by atoms with Gasteiger partial charge in [0, 0.05) is 37.7 Å². The van der Waals surface area contributed by atoms with Gasteiger partial charge in [0.1, 0.15) is 6.04 Å². The van der Waals surface area contributed by atoms with Gasteiger partial charge in [0.25, 0.3) is 0 Å². The fraction of sp³-hybridized carbons (Fsp3) is 0.583. The largest absolute Gasteiger partial charge is 0.393 e. The van der Waals surface area contributed by atoms with Gasteiger partial charge in [-0.3, -0.25) is 9.59 Å². The molecule has 0 bridgehead atoms. The molecule has 2 aromatic rings. The average Bonchev–Trinajstić information content (AvgIpc) is 3.04. The number of nitrogens with zero attached hydrogens (tertiary/aromatic N) is 2. The first-order valence-corrected chi connectivity index (χ1v) is 11.1. The van der Waals surface area contributed by atoms with Crippen LogP contribution < -0.4 is 5.32 Å². The monoisotopic (exact) mass is 415 g/mol. The Hall–Kier alpha value is -2.34. The molecule has 6 nitrogen and oxygen atoms in total. The molecule has 1 heterocycles. The minimum atomic E-state index is -0.610. The minimum absolute atomic E-state index is 0.0848. The van der Waals surface area contributed by atoms with Gasteiger partial charge in [-0.2, -0.15) is 0 Å². The zero-order valence-corrected chi connectivity index (χ0v) is 18.9. The normalized spacial score (nSPS) is 13.2. The van der Waals surface area contributed by atoms with Gasteiger partial charge in [0.15, 0.2) is 0 Å². The lowest BCUT2D eigenvalue weighted by molar-refractivity contribution is -0.135. The predicted molar refractivity (Wildman–Crippen MR) is 121 cm³/mol. The number of carbonyl (C=O) groups excluding carboxylic acids is 2. The van der Waals surface area contributed by atoms with Crippen LogP contribution in [0.25, 0.3) is 10.9 Å². The van der Waals surface area contributed by atoms with Crippen LogP contribution in [0.5, 0.6) is 0 Å². The molecule has 0 saturated carbocycles. The van der Waals surface area contributed by atoms with Crippen molar-refractivity contribution in [3.05, 3.63) is 36.0 Å². The number of fused-ring (bicyclic) bond motifs is 1. The van der Waals surface area contributed by atoms with Crippen molar-refractivity contribution in [2.45, 2.75) is 70.9 Å². The molecule has 30 heavy (non-hydrogen) atoms. The zero-order chi connectivity index (χ0) is 22.1. The first kappa shape index (κ1) is 23.9. The number of benzene rings is 1. The number of para-hydroxylation sites is 1. The molecule has 0 aliphatic heterocycles. The highest BCUT2D eigenvalue weighted by Crippen LogP contribution is 2.21. The fourth-order valence-corrected chi connectivity index (χ4v) is 3.85. The summed E-state index contributed by atoms with van der Waals surface area (Å²) in [5, 5.41) is 14.1. The second-order valence-corrected chi connectivity index (χ2v) is 8.21. The van der Waals surface area contributed by atoms with E-state index in [9.17, 15) is 14.7 Å². The first-order valence-electron chi connectivity index (χ1n) is 11.1. The van der Waals surface area contributed by atoms with E-state index in [4.69, 9.17) is 0 Å². The number of likely N-dealkylation sites (N-methyl/N-ethyl adjacent to an activating group) is 1. The summed E-state index contributed by atoms with van der Waals surface area (Å²) in [5.74, 6) is -0.253. The molecule has 166 valence electrons. The minimum Gasteiger partial charge on any atom is -0.393 e. The molecule has 6 heteroatoms. The highest BCUT2D eigenvalue weighted by Gasteiger charge is 2.25. The Morgan fingerprint density at radius 1 is 1.13 bits per heavy atom. The Morgan fingerprint density at radius 3 is 2.57 bits per heavy atom. The predicted octanol–water partition coefficient (Wildman–Crippen LogP) is 3.41. The van der Waals surface area contributed by atoms with Crippen LogP contribution in [-0.4, -0.2) is 52.1 Å². The fourth-order valence-electron chi connectivity index (χ4n) is 3.85. The van der Waals surface area contributed by atoms with Gasteiger partial charge < -0.3 is 19.9 Å². The van der Waals surface area contributed by atoms with Gasteiger partial charge in [-0.25, -0.2) is 0 Å². The standard InChI is InChI=1S/C24H37N3O3/c1-5-7-15-26(3)24(30)21(14-13-19(28)10-6-2)25-23(29)16-18-17-27(4)22-12-9-8-11-20(18)22/h8-9,11-12,17,19,21,28H,5-7,10,13-16H2,1-4H3,(H,25,29). The highest BCUT2D eigenvalue weighted by atomic mass is 16.3. The molecule has 0 saturated heterocycles. The lowest BCUT2D eigenvalue weighted by Gasteiger charge is -2.25. The van der Waals surface area contributed by atoms with E-state index in [-0.39, 0.29) is 18.2 Å². The van der Waals surface area contributed by atoms with Gasteiger partial charge in [-0.15, -0.1) is 0 Å². The number of aliphatic hydroxyl groups excluding tert-OH is 1. The number of unbranched alkanes of at least 4 members (excludes halogenated alkanes) is 1. The van der Waals surface area contributed by atoms with E-state index in [1.54, 1.807) is 11.9 Å². The zero-order valence-electron chi connectivity index (χ0n) is 18.9. The third-order valence-electron chi connectivity index (χ3n) is 5.60. The maximum absolute atomic E-state index is 12.9. The Kier molecular flexibility index (Phi) is 9.37. The van der Waals surface area contributed by atoms with Crippen molar-refractivity contribution >= 4 is 22.7 Å². The molecule has 1 aromatic carbocycles. The van der Waals surface area contributed by atoms with Crippen molar-refractivity contribution in [2.24, 2.45) is 7.05 Å². The first-order chi connectivity index (χ1) is 14.4. The van der Waals surface area contributed by atoms with Gasteiger partial charge >= 0.3 is 0 Å². The Morgan fingerprint density at radius 2 is 1.87 bits per heavy atom. The lowest BCUT2D eigenvalue weighted by Crippen LogP contribution is -2.48. The third-order valence-corrected chi connectivity index (χ3v) is 5.60. The van der Waals surface area contributed by atoms with E-state index in [0.29, 0.717) is 25.8 Å². The van der Waals surface area contributed by atoms with E-state index in [2.05, 4.69) is 12.2 Å². The van der Waals surface area contributed by atoms with Crippen LogP contribution in [0.15, 0.2) is 30.5 Å². The summed E-state index contributed by atoms with van der Waals surface area (Å²) >= 11 is 0. The highest BCUT2D eigenvalue weighted by molar-refractivity contribution is 5.92. The number of hydrogen-bond acceptors (Lipinski definition) is 3. The Bertz CT molecular complexity index is 830. The number of aliphatic hydroxyl groups is 1. The van der Waals surface area contributed by atoms with E-state index in [0.717, 1.165) is 35.7 Å². The van der Waals surface area contributed by atoms with Crippen LogP contribution in [0, 0.1) is 0 Å². The van der Waals surface area contributed by atoms with Crippen LogP contribution >= 0.6 is 0 Å². The van der Waals surface area contributed by atoms with Crippen molar-refractivity contribution in [2.75, 3.05) is 13.6 Å². The molecular weight excluding hydrogens is 378 g/mol. The summed E-state index contributed by atoms with van der Waals surface area (Å²) < 4.78 is 2.01. The van der Waals surface area contributed by atoms with Crippen LogP contribution in [0.3, 0.4) is 0 Å². The summed E-state index contributed by atoms with van der Waals surface area (Å²) in [4.78, 5) is 27.5. The average molecular weight is 416 g/mol. The van der Waals surface area contributed by atoms with Gasteiger partial charge in [0.05, 0.1) is 12.5 Å². The van der Waals surface area contributed by atoms with Crippen LogP contribution in [-0.2, 0) is 23.1 Å². The maximum Gasteiger partial charge on any atom is 0.244 e. The van der Waals surface area contributed by atoms with E-state index in [1.165, 1.54) is 0 Å². The summed E-state index contributed by atoms with van der Waals surface area (Å²) in [5.41, 5.74) is 2.03. The Labute approximate surface area is 180 Å². The number of aryl methyl sites for hydroxylation is 1. The molecule has 1 aromatic heterocycles. The van der Waals surface area contributed by atoms with Crippen molar-refractivity contribution in [3.63, 3.8) is 0 Å². The number of aromatic nitrogens is 1. The molecule has 0 aliphatic rings. The second kappa shape index (κ2) is 11.7. The quantitative estimate of drug-likeness (QED) is 0.558. The van der Waals surface area contributed by atoms with Crippen molar-refractivity contribution in [1.29, 1.82) is 0 Å². The van der Waals surface area contributed by atoms with Crippen molar-refractivity contribution in [1.82, 2.24) is 14.8 Å². The maximum atomic E-state index is 12.9. The van der Waals surface area contributed by atoms with Crippen LogP contribution in [0.1, 0.15) is 57.9 Å². The molecule has 0 fully saturated rings. The van der Waals surface area contributed by atoms with Gasteiger partial charge in [0.2, 0.25) is 11.8 Å². The van der Waals surface area contributed by atoms with Crippen molar-refractivity contribution in [3.8, 4) is 0 Å². The third kappa shape index (κ3) is 6.59. The van der Waals surface area contributed by atoms with Crippen LogP contribution in [0.2, 0.25) is 0 Å². The molecule has 2 N–H and O–H groups in total. The topological polar surface area (TPSA) is 74.6 Å². The molecule has 0 spiro atoms. The van der Waals surface area contributed by atoms with Gasteiger partial charge in [-0.05, 0) is 37.3 Å². The molecular formula is C24H37N3O3. The molecule has 2 rings (SSSR count). The summed E-state index contributed by atoms with van der Waals surface area (Å²) in [7, 11) is 3.75. The Balaban J connectivity index is 2.08.